The minimum Gasteiger partial charge on any atom is -0.496 e. The van der Waals surface area contributed by atoms with Crippen molar-refractivity contribution < 1.29 is 9.53 Å². The molecule has 0 heterocycles. The Morgan fingerprint density at radius 2 is 2.06 bits per heavy atom. The Hall–Kier alpha value is -1.07. The maximum atomic E-state index is 11.7. The van der Waals surface area contributed by atoms with E-state index in [9.17, 15) is 4.79 Å². The molecule has 5 heteroatoms. The highest BCUT2D eigenvalue weighted by molar-refractivity contribution is 9.10. The fourth-order valence-corrected chi connectivity index (χ4v) is 1.84. The third-order valence-electron chi connectivity index (χ3n) is 2.21. The number of ether oxygens (including phenoxy) is 1. The Balaban J connectivity index is 2.57. The summed E-state index contributed by atoms with van der Waals surface area (Å²) in [5, 5.41) is 5.95. The van der Waals surface area contributed by atoms with Gasteiger partial charge < -0.3 is 15.4 Å². The van der Waals surface area contributed by atoms with Crippen LogP contribution in [-0.2, 0) is 4.79 Å². The van der Waals surface area contributed by atoms with Gasteiger partial charge in [0.05, 0.1) is 18.1 Å². The van der Waals surface area contributed by atoms with Crippen LogP contribution in [0.3, 0.4) is 0 Å². The monoisotopic (exact) mass is 314 g/mol. The van der Waals surface area contributed by atoms with Gasteiger partial charge >= 0.3 is 0 Å². The highest BCUT2D eigenvalue weighted by Crippen LogP contribution is 2.27. The fourth-order valence-electron chi connectivity index (χ4n) is 1.29. The SMILES string of the molecule is COc1ccc(NC(=O)CNC(C)(C)C)cc1Br. The number of anilines is 1. The Morgan fingerprint density at radius 1 is 1.39 bits per heavy atom. The molecule has 0 saturated heterocycles. The molecule has 100 valence electrons. The minimum absolute atomic E-state index is 0.0676. The molecule has 0 atom stereocenters. The summed E-state index contributed by atoms with van der Waals surface area (Å²) in [6.45, 7) is 6.34. The van der Waals surface area contributed by atoms with Gasteiger partial charge in [-0.15, -0.1) is 0 Å². The topological polar surface area (TPSA) is 50.4 Å². The molecule has 0 aliphatic carbocycles. The van der Waals surface area contributed by atoms with E-state index in [1.54, 1.807) is 19.2 Å². The molecular formula is C13H19BrN2O2. The van der Waals surface area contributed by atoms with Gasteiger partial charge in [-0.1, -0.05) is 0 Å². The van der Waals surface area contributed by atoms with E-state index in [1.807, 2.05) is 26.8 Å². The first-order valence-electron chi connectivity index (χ1n) is 5.70. The summed E-state index contributed by atoms with van der Waals surface area (Å²) in [5.74, 6) is 0.669. The van der Waals surface area contributed by atoms with Crippen LogP contribution in [0.4, 0.5) is 5.69 Å². The van der Waals surface area contributed by atoms with Crippen LogP contribution in [0.25, 0.3) is 0 Å². The minimum atomic E-state index is -0.0716. The first kappa shape index (κ1) is 15.0. The largest absolute Gasteiger partial charge is 0.496 e. The molecule has 0 bridgehead atoms. The predicted octanol–water partition coefficient (Wildman–Crippen LogP) is 2.78. The number of carbonyl (C=O) groups excluding carboxylic acids is 1. The molecule has 2 N–H and O–H groups in total. The van der Waals surface area contributed by atoms with Crippen LogP contribution in [0.15, 0.2) is 22.7 Å². The molecule has 0 aliphatic rings. The second kappa shape index (κ2) is 6.20. The molecule has 0 aromatic heterocycles. The first-order chi connectivity index (χ1) is 8.31. The van der Waals surface area contributed by atoms with Crippen molar-refractivity contribution in [3.05, 3.63) is 22.7 Å². The zero-order valence-electron chi connectivity index (χ0n) is 11.1. The summed E-state index contributed by atoms with van der Waals surface area (Å²) in [4.78, 5) is 11.7. The highest BCUT2D eigenvalue weighted by Gasteiger charge is 2.11. The van der Waals surface area contributed by atoms with Crippen molar-refractivity contribution in [3.63, 3.8) is 0 Å². The Labute approximate surface area is 116 Å². The molecule has 18 heavy (non-hydrogen) atoms. The number of nitrogens with one attached hydrogen (secondary N) is 2. The van der Waals surface area contributed by atoms with Crippen molar-refractivity contribution in [1.82, 2.24) is 5.32 Å². The number of hydrogen-bond donors (Lipinski definition) is 2. The van der Waals surface area contributed by atoms with E-state index in [1.165, 1.54) is 0 Å². The van der Waals surface area contributed by atoms with Crippen molar-refractivity contribution in [2.75, 3.05) is 19.0 Å². The van der Waals surface area contributed by atoms with Crippen molar-refractivity contribution in [1.29, 1.82) is 0 Å². The summed E-state index contributed by atoms with van der Waals surface area (Å²) in [5.41, 5.74) is 0.668. The average molecular weight is 315 g/mol. The number of carbonyl (C=O) groups is 1. The Kier molecular flexibility index (Phi) is 5.16. The van der Waals surface area contributed by atoms with E-state index in [0.717, 1.165) is 15.9 Å². The van der Waals surface area contributed by atoms with Crippen LogP contribution in [0.2, 0.25) is 0 Å². The molecule has 1 amide bonds. The lowest BCUT2D eigenvalue weighted by atomic mass is 10.1. The van der Waals surface area contributed by atoms with Crippen LogP contribution in [0.5, 0.6) is 5.75 Å². The molecule has 0 unspecified atom stereocenters. The lowest BCUT2D eigenvalue weighted by molar-refractivity contribution is -0.115. The predicted molar refractivity (Wildman–Crippen MR) is 77.1 cm³/mol. The van der Waals surface area contributed by atoms with E-state index in [2.05, 4.69) is 26.6 Å². The first-order valence-corrected chi connectivity index (χ1v) is 6.49. The molecule has 1 rings (SSSR count). The van der Waals surface area contributed by atoms with Gasteiger partial charge in [-0.2, -0.15) is 0 Å². The number of hydrogen-bond acceptors (Lipinski definition) is 3. The van der Waals surface area contributed by atoms with Crippen LogP contribution >= 0.6 is 15.9 Å². The summed E-state index contributed by atoms with van der Waals surface area (Å²) in [7, 11) is 1.60. The third kappa shape index (κ3) is 5.06. The van der Waals surface area contributed by atoms with Crippen LogP contribution in [0.1, 0.15) is 20.8 Å². The summed E-state index contributed by atoms with van der Waals surface area (Å²) in [6, 6.07) is 5.42. The van der Waals surface area contributed by atoms with E-state index in [0.29, 0.717) is 0 Å². The van der Waals surface area contributed by atoms with Gasteiger partial charge in [0.15, 0.2) is 0 Å². The van der Waals surface area contributed by atoms with Crippen molar-refractivity contribution in [2.24, 2.45) is 0 Å². The van der Waals surface area contributed by atoms with Gasteiger partial charge in [0, 0.05) is 11.2 Å². The molecular weight excluding hydrogens is 296 g/mol. The van der Waals surface area contributed by atoms with E-state index >= 15 is 0 Å². The second-order valence-corrected chi connectivity index (χ2v) is 5.86. The maximum absolute atomic E-state index is 11.7. The molecule has 0 fully saturated rings. The van der Waals surface area contributed by atoms with Crippen molar-refractivity contribution in [2.45, 2.75) is 26.3 Å². The normalized spacial score (nSPS) is 11.2. The smallest absolute Gasteiger partial charge is 0.238 e. The number of amides is 1. The van der Waals surface area contributed by atoms with Gasteiger partial charge in [-0.3, -0.25) is 4.79 Å². The van der Waals surface area contributed by atoms with Gasteiger partial charge in [0.2, 0.25) is 5.91 Å². The number of benzene rings is 1. The standard InChI is InChI=1S/C13H19BrN2O2/c1-13(2,3)15-8-12(17)16-9-5-6-11(18-4)10(14)7-9/h5-7,15H,8H2,1-4H3,(H,16,17). The number of halogens is 1. The molecule has 1 aromatic rings. The summed E-state index contributed by atoms with van der Waals surface area (Å²) in [6.07, 6.45) is 0. The molecule has 1 aromatic carbocycles. The third-order valence-corrected chi connectivity index (χ3v) is 2.83. The van der Waals surface area contributed by atoms with Gasteiger partial charge in [0.25, 0.3) is 0 Å². The zero-order valence-corrected chi connectivity index (χ0v) is 12.7. The fraction of sp³-hybridized carbons (Fsp3) is 0.462. The highest BCUT2D eigenvalue weighted by atomic mass is 79.9. The van der Waals surface area contributed by atoms with Gasteiger partial charge in [-0.05, 0) is 54.9 Å². The second-order valence-electron chi connectivity index (χ2n) is 5.00. The van der Waals surface area contributed by atoms with Crippen LogP contribution in [0, 0.1) is 0 Å². The van der Waals surface area contributed by atoms with Crippen LogP contribution < -0.4 is 15.4 Å². The van der Waals surface area contributed by atoms with E-state index in [-0.39, 0.29) is 18.0 Å². The molecule has 4 nitrogen and oxygen atoms in total. The van der Waals surface area contributed by atoms with Crippen molar-refractivity contribution in [3.8, 4) is 5.75 Å². The average Bonchev–Trinajstić information content (AvgIpc) is 2.26. The maximum Gasteiger partial charge on any atom is 0.238 e. The quantitative estimate of drug-likeness (QED) is 0.898. The van der Waals surface area contributed by atoms with Crippen molar-refractivity contribution >= 4 is 27.5 Å². The van der Waals surface area contributed by atoms with Gasteiger partial charge in [0.1, 0.15) is 5.75 Å². The molecule has 0 saturated carbocycles. The molecule has 0 aliphatic heterocycles. The lowest BCUT2D eigenvalue weighted by Gasteiger charge is -2.20. The number of methoxy groups -OCH3 is 1. The van der Waals surface area contributed by atoms with Crippen LogP contribution in [-0.4, -0.2) is 25.1 Å². The Morgan fingerprint density at radius 3 is 2.56 bits per heavy atom. The van der Waals surface area contributed by atoms with E-state index in [4.69, 9.17) is 4.74 Å². The number of rotatable bonds is 4. The lowest BCUT2D eigenvalue weighted by Crippen LogP contribution is -2.41. The van der Waals surface area contributed by atoms with Gasteiger partial charge in [-0.25, -0.2) is 0 Å². The molecule has 0 radical (unpaired) electrons. The molecule has 0 spiro atoms. The van der Waals surface area contributed by atoms with E-state index < -0.39 is 0 Å². The summed E-state index contributed by atoms with van der Waals surface area (Å²) < 4.78 is 5.94. The summed E-state index contributed by atoms with van der Waals surface area (Å²) >= 11 is 3.38. The zero-order chi connectivity index (χ0) is 13.8. The Bertz CT molecular complexity index is 427.